The average molecular weight is 345 g/mol. The summed E-state index contributed by atoms with van der Waals surface area (Å²) in [4.78, 5) is 15.1. The minimum atomic E-state index is 0.115. The molecule has 1 aromatic heterocycles. The van der Waals surface area contributed by atoms with Crippen LogP contribution in [0, 0.1) is 6.92 Å². The van der Waals surface area contributed by atoms with Gasteiger partial charge in [-0.2, -0.15) is 5.10 Å². The summed E-state index contributed by atoms with van der Waals surface area (Å²) < 4.78 is 0. The molecule has 4 heteroatoms. The highest BCUT2D eigenvalue weighted by Crippen LogP contribution is 2.28. The van der Waals surface area contributed by atoms with E-state index < -0.39 is 0 Å². The first-order valence-corrected chi connectivity index (χ1v) is 9.17. The van der Waals surface area contributed by atoms with Crippen LogP contribution in [0.2, 0.25) is 0 Å². The molecule has 2 aromatic carbocycles. The SMILES string of the molecule is Cc1ccccc1-c1cccc(C(=O)N2CCC[C@H](c3ccn[nH]3)C2)c1. The Morgan fingerprint density at radius 1 is 1.15 bits per heavy atom. The summed E-state index contributed by atoms with van der Waals surface area (Å²) in [5.74, 6) is 0.458. The molecular weight excluding hydrogens is 322 g/mol. The van der Waals surface area contributed by atoms with Crippen LogP contribution in [0.3, 0.4) is 0 Å². The van der Waals surface area contributed by atoms with Gasteiger partial charge in [-0.3, -0.25) is 9.89 Å². The highest BCUT2D eigenvalue weighted by Gasteiger charge is 2.26. The second-order valence-corrected chi connectivity index (χ2v) is 7.00. The number of amides is 1. The second kappa shape index (κ2) is 7.16. The fourth-order valence-electron chi connectivity index (χ4n) is 3.81. The molecule has 1 fully saturated rings. The Balaban J connectivity index is 1.57. The monoisotopic (exact) mass is 345 g/mol. The highest BCUT2D eigenvalue weighted by atomic mass is 16.2. The second-order valence-electron chi connectivity index (χ2n) is 7.00. The van der Waals surface area contributed by atoms with Crippen LogP contribution in [0.15, 0.2) is 60.8 Å². The number of rotatable bonds is 3. The van der Waals surface area contributed by atoms with Gasteiger partial charge in [-0.05, 0) is 54.7 Å². The van der Waals surface area contributed by atoms with E-state index in [1.807, 2.05) is 41.3 Å². The molecular formula is C22H23N3O. The van der Waals surface area contributed by atoms with Gasteiger partial charge in [0.1, 0.15) is 0 Å². The number of aryl methyl sites for hydroxylation is 1. The first-order chi connectivity index (χ1) is 12.7. The first-order valence-electron chi connectivity index (χ1n) is 9.17. The van der Waals surface area contributed by atoms with Gasteiger partial charge in [0.25, 0.3) is 5.91 Å². The summed E-state index contributed by atoms with van der Waals surface area (Å²) in [7, 11) is 0. The van der Waals surface area contributed by atoms with Gasteiger partial charge in [-0.15, -0.1) is 0 Å². The van der Waals surface area contributed by atoms with Crippen LogP contribution in [-0.4, -0.2) is 34.1 Å². The number of hydrogen-bond donors (Lipinski definition) is 1. The van der Waals surface area contributed by atoms with E-state index in [-0.39, 0.29) is 5.91 Å². The van der Waals surface area contributed by atoms with Crippen molar-refractivity contribution in [3.05, 3.63) is 77.6 Å². The van der Waals surface area contributed by atoms with Gasteiger partial charge in [0.2, 0.25) is 0 Å². The molecule has 0 spiro atoms. The van der Waals surface area contributed by atoms with Gasteiger partial charge in [-0.1, -0.05) is 36.4 Å². The van der Waals surface area contributed by atoms with Gasteiger partial charge >= 0.3 is 0 Å². The Morgan fingerprint density at radius 2 is 2.04 bits per heavy atom. The third-order valence-corrected chi connectivity index (χ3v) is 5.24. The van der Waals surface area contributed by atoms with Crippen molar-refractivity contribution in [3.63, 3.8) is 0 Å². The van der Waals surface area contributed by atoms with Gasteiger partial charge in [0.05, 0.1) is 0 Å². The van der Waals surface area contributed by atoms with Crippen LogP contribution < -0.4 is 0 Å². The average Bonchev–Trinajstić information content (AvgIpc) is 3.23. The van der Waals surface area contributed by atoms with Crippen LogP contribution in [0.4, 0.5) is 0 Å². The lowest BCUT2D eigenvalue weighted by atomic mass is 9.94. The molecule has 4 rings (SSSR count). The van der Waals surface area contributed by atoms with E-state index >= 15 is 0 Å². The number of aromatic nitrogens is 2. The maximum atomic E-state index is 13.1. The molecule has 1 saturated heterocycles. The maximum Gasteiger partial charge on any atom is 0.253 e. The topological polar surface area (TPSA) is 49.0 Å². The molecule has 132 valence electrons. The van der Waals surface area contributed by atoms with Crippen molar-refractivity contribution in [2.45, 2.75) is 25.7 Å². The number of H-pyrrole nitrogens is 1. The summed E-state index contributed by atoms with van der Waals surface area (Å²) >= 11 is 0. The van der Waals surface area contributed by atoms with Gasteiger partial charge < -0.3 is 4.90 Å². The van der Waals surface area contributed by atoms with Gasteiger partial charge in [-0.25, -0.2) is 0 Å². The van der Waals surface area contributed by atoms with Crippen LogP contribution in [0.1, 0.15) is 40.4 Å². The third kappa shape index (κ3) is 3.27. The number of carbonyl (C=O) groups excluding carboxylic acids is 1. The van der Waals surface area contributed by atoms with Crippen molar-refractivity contribution < 1.29 is 4.79 Å². The van der Waals surface area contributed by atoms with Crippen molar-refractivity contribution in [2.75, 3.05) is 13.1 Å². The normalized spacial score (nSPS) is 17.3. The predicted octanol–water partition coefficient (Wildman–Crippen LogP) is 4.40. The zero-order chi connectivity index (χ0) is 17.9. The van der Waals surface area contributed by atoms with Crippen LogP contribution in [0.25, 0.3) is 11.1 Å². The molecule has 1 aliphatic rings. The highest BCUT2D eigenvalue weighted by molar-refractivity contribution is 5.95. The maximum absolute atomic E-state index is 13.1. The van der Waals surface area contributed by atoms with E-state index in [9.17, 15) is 4.79 Å². The van der Waals surface area contributed by atoms with Crippen LogP contribution in [-0.2, 0) is 0 Å². The summed E-state index contributed by atoms with van der Waals surface area (Å²) in [6.07, 6.45) is 3.89. The summed E-state index contributed by atoms with van der Waals surface area (Å²) in [6.45, 7) is 3.66. The summed E-state index contributed by atoms with van der Waals surface area (Å²) in [5.41, 5.74) is 5.37. The molecule has 2 heterocycles. The molecule has 1 aliphatic heterocycles. The molecule has 0 saturated carbocycles. The Morgan fingerprint density at radius 3 is 2.85 bits per heavy atom. The van der Waals surface area contributed by atoms with Crippen LogP contribution >= 0.6 is 0 Å². The fourth-order valence-corrected chi connectivity index (χ4v) is 3.81. The van der Waals surface area contributed by atoms with E-state index in [1.54, 1.807) is 6.20 Å². The smallest absolute Gasteiger partial charge is 0.253 e. The molecule has 1 atom stereocenters. The quantitative estimate of drug-likeness (QED) is 0.764. The van der Waals surface area contributed by atoms with E-state index in [2.05, 4.69) is 35.3 Å². The van der Waals surface area contributed by atoms with E-state index in [1.165, 1.54) is 11.1 Å². The molecule has 3 aromatic rings. The van der Waals surface area contributed by atoms with Crippen molar-refractivity contribution in [1.82, 2.24) is 15.1 Å². The minimum absolute atomic E-state index is 0.115. The van der Waals surface area contributed by atoms with Crippen molar-refractivity contribution in [2.24, 2.45) is 0 Å². The van der Waals surface area contributed by atoms with Crippen LogP contribution in [0.5, 0.6) is 0 Å². The van der Waals surface area contributed by atoms with Crippen molar-refractivity contribution in [3.8, 4) is 11.1 Å². The number of hydrogen-bond acceptors (Lipinski definition) is 2. The number of piperidine rings is 1. The zero-order valence-corrected chi connectivity index (χ0v) is 15.0. The summed E-state index contributed by atoms with van der Waals surface area (Å²) in [6, 6.07) is 18.3. The number of carbonyl (C=O) groups is 1. The van der Waals surface area contributed by atoms with E-state index in [0.717, 1.165) is 42.8 Å². The van der Waals surface area contributed by atoms with Crippen molar-refractivity contribution >= 4 is 5.91 Å². The van der Waals surface area contributed by atoms with E-state index in [0.29, 0.717) is 5.92 Å². The Hall–Kier alpha value is -2.88. The largest absolute Gasteiger partial charge is 0.338 e. The number of nitrogens with zero attached hydrogens (tertiary/aromatic N) is 2. The molecule has 0 unspecified atom stereocenters. The first kappa shape index (κ1) is 16.6. The Kier molecular flexibility index (Phi) is 4.57. The molecule has 0 aliphatic carbocycles. The number of benzene rings is 2. The molecule has 4 nitrogen and oxygen atoms in total. The number of aromatic amines is 1. The predicted molar refractivity (Wildman–Crippen MR) is 103 cm³/mol. The minimum Gasteiger partial charge on any atom is -0.338 e. The summed E-state index contributed by atoms with van der Waals surface area (Å²) in [5, 5.41) is 7.11. The van der Waals surface area contributed by atoms with Gasteiger partial charge in [0, 0.05) is 36.5 Å². The van der Waals surface area contributed by atoms with Gasteiger partial charge in [0.15, 0.2) is 0 Å². The molecule has 0 bridgehead atoms. The molecule has 1 N–H and O–H groups in total. The van der Waals surface area contributed by atoms with E-state index in [4.69, 9.17) is 0 Å². The number of likely N-dealkylation sites (tertiary alicyclic amines) is 1. The number of nitrogens with one attached hydrogen (secondary N) is 1. The molecule has 0 radical (unpaired) electrons. The lowest BCUT2D eigenvalue weighted by molar-refractivity contribution is 0.0706. The zero-order valence-electron chi connectivity index (χ0n) is 15.0. The Labute approximate surface area is 153 Å². The van der Waals surface area contributed by atoms with Crippen molar-refractivity contribution in [1.29, 1.82) is 0 Å². The molecule has 1 amide bonds. The molecule has 26 heavy (non-hydrogen) atoms. The fraction of sp³-hybridized carbons (Fsp3) is 0.273. The lowest BCUT2D eigenvalue weighted by Crippen LogP contribution is -2.39. The Bertz CT molecular complexity index is 901. The standard InChI is InChI=1S/C22H23N3O/c1-16-6-2-3-10-20(16)17-7-4-8-18(14-17)22(26)25-13-5-9-19(15-25)21-11-12-23-24-21/h2-4,6-8,10-12,14,19H,5,9,13,15H2,1H3,(H,23,24)/t19-/m0/s1. The lowest BCUT2D eigenvalue weighted by Gasteiger charge is -2.32. The third-order valence-electron chi connectivity index (χ3n) is 5.24.